The van der Waals surface area contributed by atoms with E-state index in [-0.39, 0.29) is 28.6 Å². The maximum absolute atomic E-state index is 13.2. The molecule has 1 amide bonds. The molecule has 3 aromatic rings. The number of nitrogens with two attached hydrogens (primary N) is 1. The van der Waals surface area contributed by atoms with Crippen LogP contribution in [-0.2, 0) is 10.0 Å². The Kier molecular flexibility index (Phi) is 6.88. The number of nitrogen functional groups attached to an aromatic ring is 1. The van der Waals surface area contributed by atoms with Crippen LogP contribution >= 0.6 is 0 Å². The minimum Gasteiger partial charge on any atom is -0.475 e. The topological polar surface area (TPSA) is 140 Å². The second-order valence-corrected chi connectivity index (χ2v) is 10.3. The summed E-state index contributed by atoms with van der Waals surface area (Å²) in [6.07, 6.45) is 3.56. The van der Waals surface area contributed by atoms with Crippen molar-refractivity contribution in [3.63, 3.8) is 0 Å². The Labute approximate surface area is 204 Å². The van der Waals surface area contributed by atoms with Crippen molar-refractivity contribution >= 4 is 27.6 Å². The summed E-state index contributed by atoms with van der Waals surface area (Å²) in [4.78, 5) is 28.1. The van der Waals surface area contributed by atoms with Gasteiger partial charge < -0.3 is 15.4 Å². The van der Waals surface area contributed by atoms with Gasteiger partial charge in [0.25, 0.3) is 15.9 Å². The van der Waals surface area contributed by atoms with E-state index >= 15 is 0 Å². The predicted molar refractivity (Wildman–Crippen MR) is 133 cm³/mol. The van der Waals surface area contributed by atoms with Gasteiger partial charge in [-0.1, -0.05) is 6.07 Å². The van der Waals surface area contributed by atoms with Gasteiger partial charge in [0.1, 0.15) is 11.6 Å². The molecule has 0 spiro atoms. The SMILES string of the molecule is CC(C)Oc1ccc(-c2ccc(C(=O)NS(=O)(=O)c3cccc(N)n3)c(N3CCC[C@H]3C)n2)cn1. The van der Waals surface area contributed by atoms with Gasteiger partial charge in [-0.2, -0.15) is 8.42 Å². The second-order valence-electron chi connectivity index (χ2n) is 8.64. The summed E-state index contributed by atoms with van der Waals surface area (Å²) in [5.74, 6) is 0.175. The molecule has 1 aliphatic heterocycles. The summed E-state index contributed by atoms with van der Waals surface area (Å²) in [6, 6.07) is 11.2. The zero-order valence-corrected chi connectivity index (χ0v) is 20.6. The average molecular weight is 497 g/mol. The Hall–Kier alpha value is -3.73. The van der Waals surface area contributed by atoms with E-state index in [2.05, 4.69) is 21.6 Å². The van der Waals surface area contributed by atoms with Gasteiger partial charge in [0.2, 0.25) is 5.88 Å². The third-order valence-corrected chi connectivity index (χ3v) is 6.81. The lowest BCUT2D eigenvalue weighted by molar-refractivity contribution is 0.0981. The molecule has 0 saturated carbocycles. The largest absolute Gasteiger partial charge is 0.475 e. The number of carbonyl (C=O) groups is 1. The molecule has 0 radical (unpaired) electrons. The number of carbonyl (C=O) groups excluding carboxylic acids is 1. The van der Waals surface area contributed by atoms with Crippen LogP contribution in [0.25, 0.3) is 11.3 Å². The highest BCUT2D eigenvalue weighted by molar-refractivity contribution is 7.90. The van der Waals surface area contributed by atoms with Gasteiger partial charge >= 0.3 is 0 Å². The normalized spacial score (nSPS) is 15.9. The fourth-order valence-electron chi connectivity index (χ4n) is 3.91. The molecule has 3 N–H and O–H groups in total. The summed E-state index contributed by atoms with van der Waals surface area (Å²) >= 11 is 0. The van der Waals surface area contributed by atoms with Crippen LogP contribution in [0.4, 0.5) is 11.6 Å². The number of aromatic nitrogens is 3. The number of anilines is 2. The Balaban J connectivity index is 1.68. The van der Waals surface area contributed by atoms with Crippen LogP contribution in [0, 0.1) is 0 Å². The number of ether oxygens (including phenoxy) is 1. The van der Waals surface area contributed by atoms with E-state index in [1.807, 2.05) is 24.8 Å². The molecule has 184 valence electrons. The Bertz CT molecular complexity index is 1330. The van der Waals surface area contributed by atoms with Crippen molar-refractivity contribution in [1.29, 1.82) is 0 Å². The van der Waals surface area contributed by atoms with Crippen molar-refractivity contribution in [3.8, 4) is 17.1 Å². The fraction of sp³-hybridized carbons (Fsp3) is 0.333. The van der Waals surface area contributed by atoms with Crippen molar-refractivity contribution in [2.45, 2.75) is 50.8 Å². The molecular weight excluding hydrogens is 468 g/mol. The van der Waals surface area contributed by atoms with Gasteiger partial charge in [0, 0.05) is 30.4 Å². The molecule has 0 aromatic carbocycles. The standard InChI is InChI=1S/C24H28N6O4S/c1-15(2)34-21-12-9-17(14-26-21)19-11-10-18(23(27-19)30-13-5-6-16(30)3)24(31)29-35(32,33)22-8-4-7-20(25)28-22/h4,7-12,14-16H,5-6,13H2,1-3H3,(H2,25,28)(H,29,31)/t16-/m1/s1. The molecule has 1 saturated heterocycles. The van der Waals surface area contributed by atoms with Crippen LogP contribution in [0.1, 0.15) is 44.0 Å². The van der Waals surface area contributed by atoms with E-state index in [1.165, 1.54) is 18.2 Å². The first-order valence-corrected chi connectivity index (χ1v) is 12.8. The smallest absolute Gasteiger partial charge is 0.281 e. The Morgan fingerprint density at radius 1 is 1.17 bits per heavy atom. The number of hydrogen-bond acceptors (Lipinski definition) is 9. The first-order valence-electron chi connectivity index (χ1n) is 11.3. The number of amides is 1. The molecule has 0 bridgehead atoms. The maximum Gasteiger partial charge on any atom is 0.281 e. The molecule has 4 rings (SSSR count). The maximum atomic E-state index is 13.2. The summed E-state index contributed by atoms with van der Waals surface area (Å²) < 4.78 is 33.2. The quantitative estimate of drug-likeness (QED) is 0.505. The van der Waals surface area contributed by atoms with E-state index < -0.39 is 15.9 Å². The minimum absolute atomic E-state index is 0.00586. The number of nitrogens with zero attached hydrogens (tertiary/aromatic N) is 4. The van der Waals surface area contributed by atoms with Crippen LogP contribution in [0.3, 0.4) is 0 Å². The zero-order valence-electron chi connectivity index (χ0n) is 19.8. The lowest BCUT2D eigenvalue weighted by Gasteiger charge is -2.25. The van der Waals surface area contributed by atoms with Gasteiger partial charge in [0.15, 0.2) is 5.03 Å². The number of pyridine rings is 3. The summed E-state index contributed by atoms with van der Waals surface area (Å²) in [5.41, 5.74) is 7.12. The minimum atomic E-state index is -4.22. The fourth-order valence-corrected chi connectivity index (χ4v) is 4.85. The summed E-state index contributed by atoms with van der Waals surface area (Å²) in [7, 11) is -4.22. The molecule has 4 heterocycles. The van der Waals surface area contributed by atoms with Crippen molar-refractivity contribution in [2.24, 2.45) is 0 Å². The molecule has 0 unspecified atom stereocenters. The van der Waals surface area contributed by atoms with Crippen LogP contribution in [0.15, 0.2) is 53.7 Å². The van der Waals surface area contributed by atoms with Gasteiger partial charge in [-0.25, -0.2) is 19.7 Å². The third kappa shape index (κ3) is 5.51. The van der Waals surface area contributed by atoms with E-state index in [1.54, 1.807) is 24.4 Å². The molecule has 1 fully saturated rings. The molecule has 35 heavy (non-hydrogen) atoms. The average Bonchev–Trinajstić information content (AvgIpc) is 3.24. The molecular formula is C24H28N6O4S. The zero-order chi connectivity index (χ0) is 25.2. The van der Waals surface area contributed by atoms with Gasteiger partial charge in [-0.05, 0) is 63.9 Å². The number of nitrogens with one attached hydrogen (secondary N) is 1. The second kappa shape index (κ2) is 9.87. The summed E-state index contributed by atoms with van der Waals surface area (Å²) in [6.45, 7) is 6.61. The van der Waals surface area contributed by atoms with Crippen LogP contribution in [0.2, 0.25) is 0 Å². The highest BCUT2D eigenvalue weighted by Crippen LogP contribution is 2.30. The van der Waals surface area contributed by atoms with Crippen molar-refractivity contribution in [2.75, 3.05) is 17.2 Å². The van der Waals surface area contributed by atoms with Crippen molar-refractivity contribution < 1.29 is 17.9 Å². The van der Waals surface area contributed by atoms with Crippen LogP contribution in [0.5, 0.6) is 5.88 Å². The number of hydrogen-bond donors (Lipinski definition) is 2. The molecule has 3 aromatic heterocycles. The monoisotopic (exact) mass is 496 g/mol. The predicted octanol–water partition coefficient (Wildman–Crippen LogP) is 3.02. The van der Waals surface area contributed by atoms with Gasteiger partial charge in [-0.15, -0.1) is 0 Å². The van der Waals surface area contributed by atoms with Gasteiger partial charge in [-0.3, -0.25) is 4.79 Å². The highest BCUT2D eigenvalue weighted by Gasteiger charge is 2.29. The molecule has 1 atom stereocenters. The van der Waals surface area contributed by atoms with Crippen molar-refractivity contribution in [1.82, 2.24) is 19.7 Å². The van der Waals surface area contributed by atoms with E-state index in [0.29, 0.717) is 23.9 Å². The van der Waals surface area contributed by atoms with E-state index in [9.17, 15) is 13.2 Å². The van der Waals surface area contributed by atoms with Crippen LogP contribution < -0.4 is 20.1 Å². The number of rotatable bonds is 7. The Morgan fingerprint density at radius 2 is 1.97 bits per heavy atom. The highest BCUT2D eigenvalue weighted by atomic mass is 32.2. The first kappa shape index (κ1) is 24.4. The van der Waals surface area contributed by atoms with E-state index in [0.717, 1.165) is 18.4 Å². The Morgan fingerprint density at radius 3 is 2.60 bits per heavy atom. The van der Waals surface area contributed by atoms with E-state index in [4.69, 9.17) is 15.5 Å². The van der Waals surface area contributed by atoms with Gasteiger partial charge in [0.05, 0.1) is 17.4 Å². The lowest BCUT2D eigenvalue weighted by atomic mass is 10.1. The molecule has 0 aliphatic carbocycles. The van der Waals surface area contributed by atoms with Crippen molar-refractivity contribution in [3.05, 3.63) is 54.2 Å². The summed E-state index contributed by atoms with van der Waals surface area (Å²) in [5, 5.41) is -0.332. The van der Waals surface area contributed by atoms with Crippen LogP contribution in [-0.4, -0.2) is 48.0 Å². The molecule has 11 heteroatoms. The molecule has 10 nitrogen and oxygen atoms in total. The first-order chi connectivity index (χ1) is 16.6. The lowest BCUT2D eigenvalue weighted by Crippen LogP contribution is -2.35. The third-order valence-electron chi connectivity index (χ3n) is 5.58. The number of sulfonamides is 1. The molecule has 1 aliphatic rings.